The van der Waals surface area contributed by atoms with Crippen LogP contribution in [0.1, 0.15) is 48.4 Å². The number of benzene rings is 2. The topological polar surface area (TPSA) is 67.4 Å². The molecule has 25 heavy (non-hydrogen) atoms. The minimum absolute atomic E-state index is 0.166. The van der Waals surface area contributed by atoms with Gasteiger partial charge < -0.3 is 15.4 Å². The van der Waals surface area contributed by atoms with Crippen LogP contribution in [0.4, 0.5) is 5.69 Å². The predicted molar refractivity (Wildman–Crippen MR) is 99.2 cm³/mol. The van der Waals surface area contributed by atoms with E-state index in [9.17, 15) is 9.59 Å². The van der Waals surface area contributed by atoms with Crippen molar-refractivity contribution in [2.75, 3.05) is 11.9 Å². The Balaban J connectivity index is 2.10. The van der Waals surface area contributed by atoms with Gasteiger partial charge in [0.2, 0.25) is 0 Å². The van der Waals surface area contributed by atoms with Crippen LogP contribution in [0.2, 0.25) is 0 Å². The lowest BCUT2D eigenvalue weighted by molar-refractivity contribution is 0.0918. The molecule has 0 heterocycles. The van der Waals surface area contributed by atoms with Crippen molar-refractivity contribution >= 4 is 17.5 Å². The zero-order valence-corrected chi connectivity index (χ0v) is 15.1. The summed E-state index contributed by atoms with van der Waals surface area (Å²) in [6, 6.07) is 13.8. The second-order valence-electron chi connectivity index (χ2n) is 6.66. The second kappa shape index (κ2) is 7.83. The molecule has 2 rings (SSSR count). The van der Waals surface area contributed by atoms with Gasteiger partial charge in [0.15, 0.2) is 0 Å². The predicted octanol–water partition coefficient (Wildman–Crippen LogP) is 3.87. The van der Waals surface area contributed by atoms with Crippen molar-refractivity contribution in [2.45, 2.75) is 33.2 Å². The van der Waals surface area contributed by atoms with Crippen LogP contribution in [-0.4, -0.2) is 24.0 Å². The lowest BCUT2D eigenvalue weighted by Crippen LogP contribution is -2.40. The van der Waals surface area contributed by atoms with Crippen molar-refractivity contribution in [2.24, 2.45) is 0 Å². The van der Waals surface area contributed by atoms with E-state index in [-0.39, 0.29) is 17.4 Å². The van der Waals surface area contributed by atoms with Gasteiger partial charge in [0.1, 0.15) is 5.75 Å². The first-order valence-electron chi connectivity index (χ1n) is 8.26. The Morgan fingerprint density at radius 2 is 1.48 bits per heavy atom. The van der Waals surface area contributed by atoms with E-state index < -0.39 is 0 Å². The normalized spacial score (nSPS) is 10.9. The molecule has 0 saturated heterocycles. The third-order valence-electron chi connectivity index (χ3n) is 3.33. The lowest BCUT2D eigenvalue weighted by atomic mass is 10.1. The molecule has 0 aliphatic rings. The van der Waals surface area contributed by atoms with Crippen LogP contribution in [0.3, 0.4) is 0 Å². The number of rotatable bonds is 5. The fourth-order valence-electron chi connectivity index (χ4n) is 2.23. The number of carbonyl (C=O) groups excluding carboxylic acids is 2. The van der Waals surface area contributed by atoms with Crippen molar-refractivity contribution in [3.05, 3.63) is 59.7 Å². The van der Waals surface area contributed by atoms with Crippen LogP contribution in [0.5, 0.6) is 5.75 Å². The number of hydrogen-bond acceptors (Lipinski definition) is 3. The first kappa shape index (κ1) is 18.5. The molecule has 5 nitrogen and oxygen atoms in total. The van der Waals surface area contributed by atoms with Gasteiger partial charge in [-0.15, -0.1) is 0 Å². The van der Waals surface area contributed by atoms with E-state index in [0.717, 1.165) is 0 Å². The molecule has 0 spiro atoms. The zero-order chi connectivity index (χ0) is 18.4. The molecule has 0 unspecified atom stereocenters. The van der Waals surface area contributed by atoms with Crippen LogP contribution < -0.4 is 15.4 Å². The van der Waals surface area contributed by atoms with Crippen molar-refractivity contribution in [3.8, 4) is 5.75 Å². The van der Waals surface area contributed by atoms with E-state index in [1.807, 2.05) is 39.8 Å². The monoisotopic (exact) mass is 340 g/mol. The summed E-state index contributed by atoms with van der Waals surface area (Å²) >= 11 is 0. The smallest absolute Gasteiger partial charge is 0.255 e. The van der Waals surface area contributed by atoms with Crippen molar-refractivity contribution < 1.29 is 14.3 Å². The van der Waals surface area contributed by atoms with Crippen molar-refractivity contribution in [1.82, 2.24) is 5.32 Å². The highest BCUT2D eigenvalue weighted by molar-refractivity contribution is 6.05. The summed E-state index contributed by atoms with van der Waals surface area (Å²) in [5.41, 5.74) is 1.29. The molecule has 2 aromatic rings. The van der Waals surface area contributed by atoms with Crippen LogP contribution >= 0.6 is 0 Å². The molecule has 0 bridgehead atoms. The average Bonchev–Trinajstić information content (AvgIpc) is 2.55. The zero-order valence-electron chi connectivity index (χ0n) is 15.1. The molecule has 2 N–H and O–H groups in total. The van der Waals surface area contributed by atoms with Gasteiger partial charge in [0.05, 0.1) is 12.3 Å². The number of anilines is 1. The molecule has 132 valence electrons. The summed E-state index contributed by atoms with van der Waals surface area (Å²) in [4.78, 5) is 24.5. The fraction of sp³-hybridized carbons (Fsp3) is 0.300. The van der Waals surface area contributed by atoms with Crippen molar-refractivity contribution in [1.29, 1.82) is 0 Å². The van der Waals surface area contributed by atoms with Gasteiger partial charge in [-0.1, -0.05) is 12.1 Å². The van der Waals surface area contributed by atoms with Gasteiger partial charge in [-0.2, -0.15) is 0 Å². The fourth-order valence-corrected chi connectivity index (χ4v) is 2.23. The molecule has 0 aromatic heterocycles. The molecule has 0 fully saturated rings. The van der Waals surface area contributed by atoms with Gasteiger partial charge in [-0.05, 0) is 64.1 Å². The number of carbonyl (C=O) groups is 2. The molecule has 2 amide bonds. The minimum Gasteiger partial charge on any atom is -0.492 e. The van der Waals surface area contributed by atoms with E-state index in [1.165, 1.54) is 0 Å². The van der Waals surface area contributed by atoms with Crippen LogP contribution in [0.25, 0.3) is 0 Å². The maximum atomic E-state index is 12.4. The second-order valence-corrected chi connectivity index (χ2v) is 6.66. The largest absolute Gasteiger partial charge is 0.492 e. The molecule has 5 heteroatoms. The molecular weight excluding hydrogens is 316 g/mol. The molecule has 0 saturated carbocycles. The molecule has 0 radical (unpaired) electrons. The Bertz CT molecular complexity index is 746. The minimum atomic E-state index is -0.309. The van der Waals surface area contributed by atoms with E-state index in [0.29, 0.717) is 29.2 Å². The van der Waals surface area contributed by atoms with Crippen LogP contribution in [0, 0.1) is 0 Å². The Hall–Kier alpha value is -2.82. The number of nitrogens with one attached hydrogen (secondary N) is 2. The Morgan fingerprint density at radius 3 is 2.04 bits per heavy atom. The highest BCUT2D eigenvalue weighted by Gasteiger charge is 2.16. The van der Waals surface area contributed by atoms with Gasteiger partial charge in [0.25, 0.3) is 11.8 Å². The Morgan fingerprint density at radius 1 is 0.920 bits per heavy atom. The summed E-state index contributed by atoms with van der Waals surface area (Å²) < 4.78 is 5.50. The van der Waals surface area contributed by atoms with Crippen LogP contribution in [-0.2, 0) is 0 Å². The SMILES string of the molecule is CCOc1ccccc1NC(=O)c1ccc(C(=O)NC(C)(C)C)cc1. The Labute approximate surface area is 148 Å². The third kappa shape index (κ3) is 5.35. The lowest BCUT2D eigenvalue weighted by Gasteiger charge is -2.20. The average molecular weight is 340 g/mol. The molecule has 0 atom stereocenters. The standard InChI is InChI=1S/C20H24N2O3/c1-5-25-17-9-7-6-8-16(17)21-18(23)14-10-12-15(13-11-14)19(24)22-20(2,3)4/h6-13H,5H2,1-4H3,(H,21,23)(H,22,24). The summed E-state index contributed by atoms with van der Waals surface area (Å²) in [6.07, 6.45) is 0. The number of para-hydroxylation sites is 2. The summed E-state index contributed by atoms with van der Waals surface area (Å²) in [6.45, 7) is 8.16. The van der Waals surface area contributed by atoms with Gasteiger partial charge in [0, 0.05) is 16.7 Å². The van der Waals surface area contributed by atoms with Crippen molar-refractivity contribution in [3.63, 3.8) is 0 Å². The molecule has 0 aliphatic heterocycles. The molecule has 2 aromatic carbocycles. The number of hydrogen-bond donors (Lipinski definition) is 2. The molecular formula is C20H24N2O3. The van der Waals surface area contributed by atoms with E-state index in [1.54, 1.807) is 36.4 Å². The Kier molecular flexibility index (Phi) is 5.80. The van der Waals surface area contributed by atoms with E-state index in [4.69, 9.17) is 4.74 Å². The first-order valence-corrected chi connectivity index (χ1v) is 8.26. The van der Waals surface area contributed by atoms with Crippen LogP contribution in [0.15, 0.2) is 48.5 Å². The summed E-state index contributed by atoms with van der Waals surface area (Å²) in [5, 5.41) is 5.72. The number of ether oxygens (including phenoxy) is 1. The highest BCUT2D eigenvalue weighted by atomic mass is 16.5. The summed E-state index contributed by atoms with van der Waals surface area (Å²) in [7, 11) is 0. The molecule has 0 aliphatic carbocycles. The third-order valence-corrected chi connectivity index (χ3v) is 3.33. The van der Waals surface area contributed by atoms with Gasteiger partial charge in [-0.25, -0.2) is 0 Å². The maximum Gasteiger partial charge on any atom is 0.255 e. The van der Waals surface area contributed by atoms with Gasteiger partial charge in [-0.3, -0.25) is 9.59 Å². The van der Waals surface area contributed by atoms with Gasteiger partial charge >= 0.3 is 0 Å². The summed E-state index contributed by atoms with van der Waals surface area (Å²) in [5.74, 6) is 0.204. The maximum absolute atomic E-state index is 12.4. The van der Waals surface area contributed by atoms with E-state index >= 15 is 0 Å². The quantitative estimate of drug-likeness (QED) is 0.868. The number of amides is 2. The first-order chi connectivity index (χ1) is 11.8. The highest BCUT2D eigenvalue weighted by Crippen LogP contribution is 2.24. The van der Waals surface area contributed by atoms with E-state index in [2.05, 4.69) is 10.6 Å².